The van der Waals surface area contributed by atoms with Crippen molar-refractivity contribution in [2.45, 2.75) is 38.3 Å². The lowest BCUT2D eigenvalue weighted by Gasteiger charge is -2.37. The van der Waals surface area contributed by atoms with E-state index in [1.165, 1.54) is 5.56 Å². The Bertz CT molecular complexity index is 600. The molecule has 1 atom stereocenters. The van der Waals surface area contributed by atoms with Crippen LogP contribution in [-0.4, -0.2) is 78.5 Å². The van der Waals surface area contributed by atoms with E-state index in [2.05, 4.69) is 4.90 Å². The van der Waals surface area contributed by atoms with Crippen molar-refractivity contribution in [3.8, 4) is 5.75 Å². The van der Waals surface area contributed by atoms with Crippen LogP contribution in [0.5, 0.6) is 5.75 Å². The van der Waals surface area contributed by atoms with E-state index in [9.17, 15) is 9.90 Å². The van der Waals surface area contributed by atoms with Crippen molar-refractivity contribution in [2.24, 2.45) is 0 Å². The number of hydrogen-bond acceptors (Lipinski definition) is 5. The van der Waals surface area contributed by atoms with Gasteiger partial charge < -0.3 is 19.5 Å². The normalized spacial score (nSPS) is 25.7. The molecule has 0 aromatic heterocycles. The molecule has 2 heterocycles. The van der Waals surface area contributed by atoms with E-state index in [-0.39, 0.29) is 12.5 Å². The van der Waals surface area contributed by atoms with Gasteiger partial charge in [-0.15, -0.1) is 0 Å². The predicted octanol–water partition coefficient (Wildman–Crippen LogP) is 1.45. The lowest BCUT2D eigenvalue weighted by molar-refractivity contribution is -0.132. The first-order valence-corrected chi connectivity index (χ1v) is 9.44. The summed E-state index contributed by atoms with van der Waals surface area (Å²) in [6.45, 7) is 7.49. The fourth-order valence-corrected chi connectivity index (χ4v) is 3.76. The number of aliphatic hydroxyl groups is 1. The number of carbonyl (C=O) groups is 1. The Kier molecular flexibility index (Phi) is 6.16. The Morgan fingerprint density at radius 2 is 1.92 bits per heavy atom. The van der Waals surface area contributed by atoms with Crippen molar-refractivity contribution in [3.05, 3.63) is 29.8 Å². The lowest BCUT2D eigenvalue weighted by atomic mass is 10.0. The van der Waals surface area contributed by atoms with Gasteiger partial charge in [0, 0.05) is 45.8 Å². The number of amides is 1. The zero-order valence-electron chi connectivity index (χ0n) is 15.8. The minimum absolute atomic E-state index is 0.00686. The molecule has 1 aromatic rings. The highest BCUT2D eigenvalue weighted by atomic mass is 16.5. The topological polar surface area (TPSA) is 62.2 Å². The van der Waals surface area contributed by atoms with Crippen LogP contribution in [0, 0.1) is 6.92 Å². The molecular formula is C20H30N2O4. The van der Waals surface area contributed by atoms with Gasteiger partial charge >= 0.3 is 0 Å². The van der Waals surface area contributed by atoms with Gasteiger partial charge in [-0.25, -0.2) is 0 Å². The number of carbonyl (C=O) groups excluding carboxylic acids is 1. The Morgan fingerprint density at radius 3 is 2.58 bits per heavy atom. The van der Waals surface area contributed by atoms with E-state index in [0.29, 0.717) is 25.7 Å². The second kappa shape index (κ2) is 8.37. The number of β-amino-alcohol motifs (C(OH)–C–C–N with tert-alkyl or cyclic N) is 1. The van der Waals surface area contributed by atoms with Crippen molar-refractivity contribution in [1.29, 1.82) is 0 Å². The second-order valence-electron chi connectivity index (χ2n) is 7.58. The molecule has 144 valence electrons. The van der Waals surface area contributed by atoms with Gasteiger partial charge in [-0.3, -0.25) is 9.69 Å². The minimum atomic E-state index is -1.09. The number of nitrogens with zero attached hydrogens (tertiary/aromatic N) is 2. The summed E-state index contributed by atoms with van der Waals surface area (Å²) in [6, 6.07) is 8.19. The van der Waals surface area contributed by atoms with Crippen LogP contribution in [-0.2, 0) is 9.53 Å². The lowest BCUT2D eigenvalue weighted by Crippen LogP contribution is -2.53. The van der Waals surface area contributed by atoms with E-state index in [0.717, 1.165) is 38.3 Å². The molecular weight excluding hydrogens is 332 g/mol. The maximum Gasteiger partial charge on any atom is 0.219 e. The van der Waals surface area contributed by atoms with Crippen molar-refractivity contribution in [2.75, 3.05) is 46.0 Å². The van der Waals surface area contributed by atoms with Gasteiger partial charge in [0.2, 0.25) is 5.91 Å². The molecule has 6 heteroatoms. The number of hydrogen-bond donors (Lipinski definition) is 1. The fraction of sp³-hybridized carbons (Fsp3) is 0.650. The summed E-state index contributed by atoms with van der Waals surface area (Å²) in [5.41, 5.74) is 0.0738. The molecule has 1 amide bonds. The average Bonchev–Trinajstić information content (AvgIpc) is 2.82. The molecule has 6 nitrogen and oxygen atoms in total. The van der Waals surface area contributed by atoms with Crippen LogP contribution in [0.15, 0.2) is 24.3 Å². The molecule has 2 aliphatic heterocycles. The van der Waals surface area contributed by atoms with Crippen molar-refractivity contribution in [3.63, 3.8) is 0 Å². The third-order valence-corrected chi connectivity index (χ3v) is 5.32. The molecule has 0 aliphatic carbocycles. The summed E-state index contributed by atoms with van der Waals surface area (Å²) < 4.78 is 11.4. The SMILES string of the molecule is CC(=O)N1CCN(C2CCOCC2)C[C@](O)(COc2ccc(C)cc2)C1. The van der Waals surface area contributed by atoms with Gasteiger partial charge in [0.25, 0.3) is 0 Å². The number of aryl methyl sites for hydroxylation is 1. The molecule has 26 heavy (non-hydrogen) atoms. The van der Waals surface area contributed by atoms with Gasteiger partial charge in [-0.05, 0) is 31.9 Å². The maximum atomic E-state index is 12.0. The summed E-state index contributed by atoms with van der Waals surface area (Å²) in [5.74, 6) is 0.729. The molecule has 0 radical (unpaired) electrons. The third kappa shape index (κ3) is 4.96. The summed E-state index contributed by atoms with van der Waals surface area (Å²) in [7, 11) is 0. The van der Waals surface area contributed by atoms with Gasteiger partial charge in [0.1, 0.15) is 18.0 Å². The molecule has 2 fully saturated rings. The van der Waals surface area contributed by atoms with E-state index in [1.807, 2.05) is 31.2 Å². The van der Waals surface area contributed by atoms with Crippen molar-refractivity contribution < 1.29 is 19.4 Å². The number of rotatable bonds is 4. The van der Waals surface area contributed by atoms with Crippen LogP contribution in [0.1, 0.15) is 25.3 Å². The molecule has 0 saturated carbocycles. The highest BCUT2D eigenvalue weighted by Crippen LogP contribution is 2.23. The minimum Gasteiger partial charge on any atom is -0.490 e. The first-order valence-electron chi connectivity index (χ1n) is 9.44. The average molecular weight is 362 g/mol. The monoisotopic (exact) mass is 362 g/mol. The quantitative estimate of drug-likeness (QED) is 0.878. The van der Waals surface area contributed by atoms with Crippen LogP contribution in [0.4, 0.5) is 0 Å². The Hall–Kier alpha value is -1.63. The molecule has 3 rings (SSSR count). The van der Waals surface area contributed by atoms with Crippen LogP contribution in [0.2, 0.25) is 0 Å². The van der Waals surface area contributed by atoms with Crippen molar-refractivity contribution in [1.82, 2.24) is 9.80 Å². The largest absolute Gasteiger partial charge is 0.490 e. The van der Waals surface area contributed by atoms with Crippen molar-refractivity contribution >= 4 is 5.91 Å². The first kappa shape index (κ1) is 19.1. The second-order valence-corrected chi connectivity index (χ2v) is 7.58. The van der Waals surface area contributed by atoms with Gasteiger partial charge in [-0.1, -0.05) is 17.7 Å². The fourth-order valence-electron chi connectivity index (χ4n) is 3.76. The number of benzene rings is 1. The van der Waals surface area contributed by atoms with E-state index >= 15 is 0 Å². The van der Waals surface area contributed by atoms with Crippen LogP contribution >= 0.6 is 0 Å². The Morgan fingerprint density at radius 1 is 1.23 bits per heavy atom. The van der Waals surface area contributed by atoms with Gasteiger partial charge in [0.15, 0.2) is 0 Å². The zero-order chi connectivity index (χ0) is 18.6. The molecule has 1 aromatic carbocycles. The highest BCUT2D eigenvalue weighted by Gasteiger charge is 2.39. The summed E-state index contributed by atoms with van der Waals surface area (Å²) in [5, 5.41) is 11.3. The first-order chi connectivity index (χ1) is 12.5. The van der Waals surface area contributed by atoms with Gasteiger partial charge in [-0.2, -0.15) is 0 Å². The summed E-state index contributed by atoms with van der Waals surface area (Å²) >= 11 is 0. The summed E-state index contributed by atoms with van der Waals surface area (Å²) in [6.07, 6.45) is 1.93. The molecule has 2 aliphatic rings. The van der Waals surface area contributed by atoms with E-state index < -0.39 is 5.60 Å². The number of ether oxygens (including phenoxy) is 2. The zero-order valence-corrected chi connectivity index (χ0v) is 15.8. The van der Waals surface area contributed by atoms with E-state index in [1.54, 1.807) is 11.8 Å². The van der Waals surface area contributed by atoms with Crippen LogP contribution < -0.4 is 4.74 Å². The molecule has 1 N–H and O–H groups in total. The van der Waals surface area contributed by atoms with Gasteiger partial charge in [0.05, 0.1) is 6.54 Å². The van der Waals surface area contributed by atoms with E-state index in [4.69, 9.17) is 9.47 Å². The Labute approximate surface area is 155 Å². The smallest absolute Gasteiger partial charge is 0.219 e. The highest BCUT2D eigenvalue weighted by molar-refractivity contribution is 5.73. The summed E-state index contributed by atoms with van der Waals surface area (Å²) in [4.78, 5) is 16.0. The predicted molar refractivity (Wildman–Crippen MR) is 99.3 cm³/mol. The third-order valence-electron chi connectivity index (χ3n) is 5.32. The molecule has 0 spiro atoms. The molecule has 2 saturated heterocycles. The van der Waals surface area contributed by atoms with Crippen LogP contribution in [0.25, 0.3) is 0 Å². The standard InChI is InChI=1S/C20H30N2O4/c1-16-3-5-19(6-4-16)26-15-20(24)13-21(17(2)23)9-10-22(14-20)18-7-11-25-12-8-18/h3-6,18,24H,7-15H2,1-2H3/t20-/m0/s1. The molecule has 0 bridgehead atoms. The van der Waals surface area contributed by atoms with Crippen LogP contribution in [0.3, 0.4) is 0 Å². The molecule has 0 unspecified atom stereocenters. The Balaban J connectivity index is 1.71. The maximum absolute atomic E-state index is 12.0.